The fourth-order valence-corrected chi connectivity index (χ4v) is 4.16. The number of ether oxygens (including phenoxy) is 1. The Morgan fingerprint density at radius 1 is 0.613 bits per heavy atom. The summed E-state index contributed by atoms with van der Waals surface area (Å²) < 4.78 is 5.47. The van der Waals surface area contributed by atoms with Gasteiger partial charge in [0.25, 0.3) is 0 Å². The van der Waals surface area contributed by atoms with Crippen molar-refractivity contribution in [3.63, 3.8) is 0 Å². The lowest BCUT2D eigenvalue weighted by Crippen LogP contribution is -2.41. The molecule has 1 unspecified atom stereocenters. The molecule has 0 spiro atoms. The van der Waals surface area contributed by atoms with Gasteiger partial charge in [-0.3, -0.25) is 9.59 Å². The first-order chi connectivity index (χ1) is 14.5. The monoisotopic (exact) mass is 452 g/mol. The van der Waals surface area contributed by atoms with Crippen LogP contribution in [0.3, 0.4) is 0 Å². The molecular formula is C26H52MgO4. The minimum Gasteiger partial charge on any atom is -0.480 e. The Hall–Kier alpha value is -0.294. The van der Waals surface area contributed by atoms with Crippen molar-refractivity contribution in [1.82, 2.24) is 0 Å². The molecule has 0 heterocycles. The molecule has 0 amide bonds. The van der Waals surface area contributed by atoms with Crippen molar-refractivity contribution in [2.24, 2.45) is 5.41 Å². The summed E-state index contributed by atoms with van der Waals surface area (Å²) in [6, 6.07) is 0. The zero-order chi connectivity index (χ0) is 22.5. The first-order valence-corrected chi connectivity index (χ1v) is 13.0. The van der Waals surface area contributed by atoms with Gasteiger partial charge in [-0.1, -0.05) is 124 Å². The molecule has 1 N–H and O–H groups in total. The Balaban J connectivity index is 0. The third kappa shape index (κ3) is 16.0. The van der Waals surface area contributed by atoms with Crippen LogP contribution in [0.2, 0.25) is 0 Å². The number of unbranched alkanes of at least 4 members (excludes halogenated alkanes) is 14. The third-order valence-electron chi connectivity index (χ3n) is 6.17. The van der Waals surface area contributed by atoms with Crippen LogP contribution in [0.15, 0.2) is 0 Å². The highest BCUT2D eigenvalue weighted by Crippen LogP contribution is 2.33. The highest BCUT2D eigenvalue weighted by molar-refractivity contribution is 5.99. The third-order valence-corrected chi connectivity index (χ3v) is 6.17. The lowest BCUT2D eigenvalue weighted by atomic mass is 9.78. The molecule has 0 aliphatic rings. The quantitative estimate of drug-likeness (QED) is 0.0819. The van der Waals surface area contributed by atoms with Gasteiger partial charge in [-0.25, -0.2) is 0 Å². The molecule has 0 saturated heterocycles. The second kappa shape index (κ2) is 22.9. The molecule has 182 valence electrons. The molecule has 0 saturated carbocycles. The van der Waals surface area contributed by atoms with Gasteiger partial charge in [0.1, 0.15) is 0 Å². The summed E-state index contributed by atoms with van der Waals surface area (Å²) in [4.78, 5) is 24.8. The summed E-state index contributed by atoms with van der Waals surface area (Å²) in [5.74, 6) is -1.52. The number of carboxylic acids is 1. The van der Waals surface area contributed by atoms with Gasteiger partial charge in [0.2, 0.25) is 0 Å². The highest BCUT2D eigenvalue weighted by atomic mass is 24.3. The molecule has 31 heavy (non-hydrogen) atoms. The van der Waals surface area contributed by atoms with Crippen molar-refractivity contribution in [2.75, 3.05) is 6.61 Å². The Labute approximate surface area is 208 Å². The Bertz CT molecular complexity index is 428. The number of carbonyl (C=O) groups excluding carboxylic acids is 1. The van der Waals surface area contributed by atoms with E-state index in [2.05, 4.69) is 13.8 Å². The summed E-state index contributed by atoms with van der Waals surface area (Å²) in [5, 5.41) is 9.87. The average Bonchev–Trinajstić information content (AvgIpc) is 2.73. The van der Waals surface area contributed by atoms with E-state index in [1.807, 2.05) is 6.92 Å². The maximum absolute atomic E-state index is 12.7. The predicted octanol–water partition coefficient (Wildman–Crippen LogP) is 7.16. The second-order valence-electron chi connectivity index (χ2n) is 8.97. The van der Waals surface area contributed by atoms with Gasteiger partial charge in [0.05, 0.1) is 6.61 Å². The summed E-state index contributed by atoms with van der Waals surface area (Å²) >= 11 is 0. The van der Waals surface area contributed by atoms with E-state index in [9.17, 15) is 14.7 Å². The molecule has 0 aromatic heterocycles. The molecule has 0 aromatic rings. The van der Waals surface area contributed by atoms with Crippen LogP contribution in [0.4, 0.5) is 0 Å². The smallest absolute Gasteiger partial charge is 0.323 e. The van der Waals surface area contributed by atoms with Gasteiger partial charge in [-0.2, -0.15) is 0 Å². The van der Waals surface area contributed by atoms with E-state index in [0.717, 1.165) is 32.1 Å². The fourth-order valence-electron chi connectivity index (χ4n) is 4.16. The average molecular weight is 453 g/mol. The summed E-state index contributed by atoms with van der Waals surface area (Å²) in [6.45, 7) is 6.73. The van der Waals surface area contributed by atoms with Crippen LogP contribution in [0.25, 0.3) is 0 Å². The largest absolute Gasteiger partial charge is 0.480 e. The topological polar surface area (TPSA) is 63.6 Å². The molecule has 0 aliphatic carbocycles. The molecule has 0 fully saturated rings. The van der Waals surface area contributed by atoms with E-state index in [4.69, 9.17) is 4.74 Å². The molecule has 0 rings (SSSR count). The van der Waals surface area contributed by atoms with Gasteiger partial charge in [0, 0.05) is 0 Å². The predicted molar refractivity (Wildman–Crippen MR) is 134 cm³/mol. The number of rotatable bonds is 22. The van der Waals surface area contributed by atoms with Crippen molar-refractivity contribution in [2.45, 2.75) is 143 Å². The van der Waals surface area contributed by atoms with Crippen LogP contribution >= 0.6 is 0 Å². The molecule has 0 radical (unpaired) electrons. The lowest BCUT2D eigenvalue weighted by Gasteiger charge is -2.27. The van der Waals surface area contributed by atoms with Crippen LogP contribution in [-0.2, 0) is 14.3 Å². The van der Waals surface area contributed by atoms with E-state index in [1.54, 1.807) is 0 Å². The van der Waals surface area contributed by atoms with Gasteiger partial charge in [0.15, 0.2) is 5.41 Å². The standard InChI is InChI=1S/C26H50O4.Mg.2H/c1-4-7-9-11-13-15-17-19-22-26(21-6-3,24(27)28)25(29)30-23-20-18-16-14-12-10-8-5-2;;;/h4-23H2,1-3H3,(H,27,28);;;. The zero-order valence-electron chi connectivity index (χ0n) is 20.3. The summed E-state index contributed by atoms with van der Waals surface area (Å²) in [5.41, 5.74) is -1.35. The number of esters is 1. The number of carboxylic acid groups (broad SMARTS) is 1. The number of carbonyl (C=O) groups is 2. The van der Waals surface area contributed by atoms with Crippen LogP contribution in [0.5, 0.6) is 0 Å². The van der Waals surface area contributed by atoms with E-state index in [0.29, 0.717) is 25.9 Å². The fraction of sp³-hybridized carbons (Fsp3) is 0.923. The van der Waals surface area contributed by atoms with Crippen molar-refractivity contribution in [1.29, 1.82) is 0 Å². The Morgan fingerprint density at radius 2 is 1.03 bits per heavy atom. The van der Waals surface area contributed by atoms with Crippen molar-refractivity contribution in [3.05, 3.63) is 0 Å². The molecule has 4 nitrogen and oxygen atoms in total. The SMILES string of the molecule is CCCCCCCCCCOC(=O)C(CCC)(CCCCCCCCCC)C(=O)O.[MgH2]. The first kappa shape index (κ1) is 32.9. The minimum absolute atomic E-state index is 0. The van der Waals surface area contributed by atoms with Gasteiger partial charge in [-0.15, -0.1) is 0 Å². The maximum atomic E-state index is 12.7. The van der Waals surface area contributed by atoms with Gasteiger partial charge in [-0.05, 0) is 19.3 Å². The molecule has 0 bridgehead atoms. The van der Waals surface area contributed by atoms with Crippen molar-refractivity contribution < 1.29 is 19.4 Å². The normalized spacial score (nSPS) is 12.7. The van der Waals surface area contributed by atoms with E-state index in [1.165, 1.54) is 70.6 Å². The minimum atomic E-state index is -1.35. The van der Waals surface area contributed by atoms with E-state index >= 15 is 0 Å². The lowest BCUT2D eigenvalue weighted by molar-refractivity contribution is -0.170. The van der Waals surface area contributed by atoms with E-state index < -0.39 is 17.4 Å². The Morgan fingerprint density at radius 3 is 1.45 bits per heavy atom. The number of hydrogen-bond donors (Lipinski definition) is 1. The van der Waals surface area contributed by atoms with Crippen LogP contribution < -0.4 is 0 Å². The Kier molecular flexibility index (Phi) is 24.3. The summed E-state index contributed by atoms with van der Waals surface area (Å²) in [6.07, 6.45) is 20.1. The molecule has 0 aromatic carbocycles. The van der Waals surface area contributed by atoms with Gasteiger partial charge < -0.3 is 9.84 Å². The van der Waals surface area contributed by atoms with Crippen molar-refractivity contribution >= 4 is 35.0 Å². The maximum Gasteiger partial charge on any atom is 0.323 e. The van der Waals surface area contributed by atoms with Gasteiger partial charge >= 0.3 is 35.0 Å². The number of hydrogen-bond acceptors (Lipinski definition) is 3. The van der Waals surface area contributed by atoms with Crippen LogP contribution in [-0.4, -0.2) is 46.7 Å². The van der Waals surface area contributed by atoms with Crippen LogP contribution in [0.1, 0.15) is 143 Å². The van der Waals surface area contributed by atoms with Crippen molar-refractivity contribution in [3.8, 4) is 0 Å². The molecule has 5 heteroatoms. The molecular weight excluding hydrogens is 401 g/mol. The first-order valence-electron chi connectivity index (χ1n) is 13.0. The van der Waals surface area contributed by atoms with Crippen LogP contribution in [0, 0.1) is 5.41 Å². The highest BCUT2D eigenvalue weighted by Gasteiger charge is 2.46. The molecule has 1 atom stereocenters. The van der Waals surface area contributed by atoms with E-state index in [-0.39, 0.29) is 23.1 Å². The summed E-state index contributed by atoms with van der Waals surface area (Å²) in [7, 11) is 0. The zero-order valence-corrected chi connectivity index (χ0v) is 20.3. The molecule has 0 aliphatic heterocycles. The number of aliphatic carboxylic acids is 1. The second-order valence-corrected chi connectivity index (χ2v) is 8.97.